The van der Waals surface area contributed by atoms with Crippen molar-refractivity contribution < 1.29 is 9.84 Å². The Morgan fingerprint density at radius 2 is 1.84 bits per heavy atom. The lowest BCUT2D eigenvalue weighted by atomic mass is 10.1. The van der Waals surface area contributed by atoms with Crippen LogP contribution in [-0.4, -0.2) is 12.2 Å². The SMILES string of the molecule is COc1ccc(Sc2ccc([C@@H](C)O)cc2Cl)cc1. The van der Waals surface area contributed by atoms with Gasteiger partial charge in [0.2, 0.25) is 0 Å². The van der Waals surface area contributed by atoms with Crippen molar-refractivity contribution in [1.82, 2.24) is 0 Å². The normalized spacial score (nSPS) is 12.2. The summed E-state index contributed by atoms with van der Waals surface area (Å²) in [5.74, 6) is 0.833. The molecule has 1 atom stereocenters. The Kier molecular flexibility index (Phi) is 4.75. The summed E-state index contributed by atoms with van der Waals surface area (Å²) in [6.45, 7) is 1.72. The molecule has 0 radical (unpaired) electrons. The highest BCUT2D eigenvalue weighted by Gasteiger charge is 2.07. The smallest absolute Gasteiger partial charge is 0.118 e. The molecule has 0 spiro atoms. The number of aliphatic hydroxyl groups excluding tert-OH is 1. The fourth-order valence-corrected chi connectivity index (χ4v) is 2.75. The average molecular weight is 295 g/mol. The fourth-order valence-electron chi connectivity index (χ4n) is 1.63. The second-order valence-electron chi connectivity index (χ2n) is 4.14. The number of hydrogen-bond donors (Lipinski definition) is 1. The van der Waals surface area contributed by atoms with E-state index in [4.69, 9.17) is 16.3 Å². The molecule has 2 aromatic carbocycles. The van der Waals surface area contributed by atoms with E-state index >= 15 is 0 Å². The topological polar surface area (TPSA) is 29.5 Å². The van der Waals surface area contributed by atoms with Crippen molar-refractivity contribution in [3.05, 3.63) is 53.1 Å². The molecule has 0 aliphatic rings. The molecule has 1 N–H and O–H groups in total. The van der Waals surface area contributed by atoms with Crippen LogP contribution in [0, 0.1) is 0 Å². The first-order valence-electron chi connectivity index (χ1n) is 5.89. The van der Waals surface area contributed by atoms with Gasteiger partial charge in [0.15, 0.2) is 0 Å². The van der Waals surface area contributed by atoms with Crippen molar-refractivity contribution in [3.8, 4) is 5.75 Å². The van der Waals surface area contributed by atoms with Crippen LogP contribution in [0.3, 0.4) is 0 Å². The average Bonchev–Trinajstić information content (AvgIpc) is 2.41. The lowest BCUT2D eigenvalue weighted by Gasteiger charge is -2.09. The van der Waals surface area contributed by atoms with Crippen molar-refractivity contribution in [1.29, 1.82) is 0 Å². The summed E-state index contributed by atoms with van der Waals surface area (Å²) >= 11 is 7.81. The number of benzene rings is 2. The molecular weight excluding hydrogens is 280 g/mol. The summed E-state index contributed by atoms with van der Waals surface area (Å²) in [5, 5.41) is 10.2. The third-order valence-electron chi connectivity index (χ3n) is 2.73. The second-order valence-corrected chi connectivity index (χ2v) is 5.67. The standard InChI is InChI=1S/C15H15ClO2S/c1-10(17)11-3-8-15(14(16)9-11)19-13-6-4-12(18-2)5-7-13/h3-10,17H,1-2H3/t10-/m1/s1. The first kappa shape index (κ1) is 14.3. The van der Waals surface area contributed by atoms with Gasteiger partial charge in [-0.3, -0.25) is 0 Å². The number of methoxy groups -OCH3 is 1. The molecule has 0 unspecified atom stereocenters. The third-order valence-corrected chi connectivity index (χ3v) is 4.23. The van der Waals surface area contributed by atoms with Crippen molar-refractivity contribution in [3.63, 3.8) is 0 Å². The first-order chi connectivity index (χ1) is 9.10. The summed E-state index contributed by atoms with van der Waals surface area (Å²) < 4.78 is 5.12. The minimum atomic E-state index is -0.502. The largest absolute Gasteiger partial charge is 0.497 e. The number of halogens is 1. The zero-order chi connectivity index (χ0) is 13.8. The molecule has 0 amide bonds. The van der Waals surface area contributed by atoms with E-state index < -0.39 is 6.10 Å². The second kappa shape index (κ2) is 6.33. The number of aliphatic hydroxyl groups is 1. The van der Waals surface area contributed by atoms with Crippen LogP contribution >= 0.6 is 23.4 Å². The highest BCUT2D eigenvalue weighted by molar-refractivity contribution is 7.99. The predicted octanol–water partition coefficient (Wildman–Crippen LogP) is 4.55. The first-order valence-corrected chi connectivity index (χ1v) is 7.09. The summed E-state index contributed by atoms with van der Waals surface area (Å²) in [7, 11) is 1.65. The lowest BCUT2D eigenvalue weighted by Crippen LogP contribution is -1.90. The van der Waals surface area contributed by atoms with E-state index in [9.17, 15) is 5.11 Å². The van der Waals surface area contributed by atoms with Gasteiger partial charge in [-0.15, -0.1) is 0 Å². The molecule has 4 heteroatoms. The maximum absolute atomic E-state index is 9.51. The van der Waals surface area contributed by atoms with Crippen LogP contribution in [0.1, 0.15) is 18.6 Å². The van der Waals surface area contributed by atoms with Crippen molar-refractivity contribution >= 4 is 23.4 Å². The van der Waals surface area contributed by atoms with Crippen molar-refractivity contribution in [2.75, 3.05) is 7.11 Å². The van der Waals surface area contributed by atoms with E-state index in [-0.39, 0.29) is 0 Å². The van der Waals surface area contributed by atoms with Crippen LogP contribution in [0.25, 0.3) is 0 Å². The van der Waals surface area contributed by atoms with E-state index in [2.05, 4.69) is 0 Å². The number of hydrogen-bond acceptors (Lipinski definition) is 3. The Balaban J connectivity index is 2.18. The molecule has 0 bridgehead atoms. The molecule has 0 aliphatic heterocycles. The molecule has 0 heterocycles. The molecule has 100 valence electrons. The number of rotatable bonds is 4. The Labute approximate surface area is 122 Å². The molecule has 2 aromatic rings. The van der Waals surface area contributed by atoms with Crippen LogP contribution < -0.4 is 4.74 Å². The third kappa shape index (κ3) is 3.66. The molecule has 2 rings (SSSR count). The highest BCUT2D eigenvalue weighted by atomic mass is 35.5. The molecule has 2 nitrogen and oxygen atoms in total. The van der Waals surface area contributed by atoms with E-state index in [1.54, 1.807) is 31.9 Å². The van der Waals surface area contributed by atoms with Gasteiger partial charge in [-0.1, -0.05) is 29.4 Å². The molecule has 0 saturated heterocycles. The van der Waals surface area contributed by atoms with Gasteiger partial charge >= 0.3 is 0 Å². The monoisotopic (exact) mass is 294 g/mol. The Morgan fingerprint density at radius 1 is 1.16 bits per heavy atom. The summed E-state index contributed by atoms with van der Waals surface area (Å²) in [4.78, 5) is 2.06. The van der Waals surface area contributed by atoms with Gasteiger partial charge in [0.25, 0.3) is 0 Å². The molecule has 0 fully saturated rings. The maximum Gasteiger partial charge on any atom is 0.118 e. The van der Waals surface area contributed by atoms with Crippen molar-refractivity contribution in [2.45, 2.75) is 22.8 Å². The van der Waals surface area contributed by atoms with E-state index in [1.807, 2.05) is 36.4 Å². The van der Waals surface area contributed by atoms with E-state index in [0.717, 1.165) is 21.1 Å². The van der Waals surface area contributed by atoms with Gasteiger partial charge in [-0.05, 0) is 48.9 Å². The lowest BCUT2D eigenvalue weighted by molar-refractivity contribution is 0.199. The van der Waals surface area contributed by atoms with Crippen LogP contribution in [0.15, 0.2) is 52.3 Å². The fraction of sp³-hybridized carbons (Fsp3) is 0.200. The Morgan fingerprint density at radius 3 is 2.37 bits per heavy atom. The molecule has 0 saturated carbocycles. The molecule has 0 aliphatic carbocycles. The van der Waals surface area contributed by atoms with Gasteiger partial charge in [0.05, 0.1) is 18.2 Å². The predicted molar refractivity (Wildman–Crippen MR) is 79.2 cm³/mol. The van der Waals surface area contributed by atoms with Gasteiger partial charge in [0, 0.05) is 9.79 Å². The van der Waals surface area contributed by atoms with Gasteiger partial charge in [-0.25, -0.2) is 0 Å². The zero-order valence-corrected chi connectivity index (χ0v) is 12.3. The summed E-state index contributed by atoms with van der Waals surface area (Å²) in [5.41, 5.74) is 0.823. The van der Waals surface area contributed by atoms with Gasteiger partial charge < -0.3 is 9.84 Å². The van der Waals surface area contributed by atoms with E-state index in [0.29, 0.717) is 5.02 Å². The highest BCUT2D eigenvalue weighted by Crippen LogP contribution is 2.35. The molecule has 0 aromatic heterocycles. The minimum absolute atomic E-state index is 0.502. The van der Waals surface area contributed by atoms with Crippen LogP contribution in [0.2, 0.25) is 5.02 Å². The van der Waals surface area contributed by atoms with Gasteiger partial charge in [0.1, 0.15) is 5.75 Å². The molecular formula is C15H15ClO2S. The van der Waals surface area contributed by atoms with Crippen molar-refractivity contribution in [2.24, 2.45) is 0 Å². The molecule has 19 heavy (non-hydrogen) atoms. The summed E-state index contributed by atoms with van der Waals surface area (Å²) in [6.07, 6.45) is -0.502. The van der Waals surface area contributed by atoms with E-state index in [1.165, 1.54) is 0 Å². The van der Waals surface area contributed by atoms with Crippen LogP contribution in [0.5, 0.6) is 5.75 Å². The quantitative estimate of drug-likeness (QED) is 0.897. The summed E-state index contributed by atoms with van der Waals surface area (Å²) in [6, 6.07) is 13.4. The number of ether oxygens (including phenoxy) is 1. The Bertz CT molecular complexity index is 553. The van der Waals surface area contributed by atoms with Crippen LogP contribution in [-0.2, 0) is 0 Å². The van der Waals surface area contributed by atoms with Gasteiger partial charge in [-0.2, -0.15) is 0 Å². The zero-order valence-electron chi connectivity index (χ0n) is 10.8. The minimum Gasteiger partial charge on any atom is -0.497 e. The Hall–Kier alpha value is -1.16. The maximum atomic E-state index is 9.51. The van der Waals surface area contributed by atoms with Crippen LogP contribution in [0.4, 0.5) is 0 Å².